The van der Waals surface area contributed by atoms with Crippen molar-refractivity contribution < 1.29 is 9.13 Å². The van der Waals surface area contributed by atoms with E-state index in [4.69, 9.17) is 15.9 Å². The Bertz CT molecular complexity index is 502. The Kier molecular flexibility index (Phi) is 5.31. The van der Waals surface area contributed by atoms with Crippen LogP contribution in [-0.4, -0.2) is 37.0 Å². The Balaban J connectivity index is 2.09. The van der Waals surface area contributed by atoms with Crippen molar-refractivity contribution in [2.75, 3.05) is 20.3 Å². The minimum atomic E-state index is -0.298. The van der Waals surface area contributed by atoms with E-state index in [9.17, 15) is 4.39 Å². The number of halogens is 1. The van der Waals surface area contributed by atoms with E-state index in [0.717, 1.165) is 12.5 Å². The zero-order valence-electron chi connectivity index (χ0n) is 12.7. The maximum atomic E-state index is 14.2. The average molecular weight is 293 g/mol. The minimum Gasteiger partial charge on any atom is -0.384 e. The van der Waals surface area contributed by atoms with E-state index in [2.05, 4.69) is 11.8 Å². The van der Waals surface area contributed by atoms with Gasteiger partial charge in [0.15, 0.2) is 0 Å². The molecule has 0 aliphatic heterocycles. The molecule has 0 saturated heterocycles. The fourth-order valence-electron chi connectivity index (χ4n) is 2.57. The van der Waals surface area contributed by atoms with Crippen molar-refractivity contribution in [1.29, 1.82) is 5.41 Å². The lowest BCUT2D eigenvalue weighted by atomic mass is 10.1. The monoisotopic (exact) mass is 293 g/mol. The molecule has 1 aromatic rings. The fraction of sp³-hybridized carbons (Fsp3) is 0.562. The molecule has 0 bridgehead atoms. The Morgan fingerprint density at radius 1 is 1.52 bits per heavy atom. The predicted molar refractivity (Wildman–Crippen MR) is 81.9 cm³/mol. The molecule has 0 heterocycles. The van der Waals surface area contributed by atoms with Gasteiger partial charge in [0.2, 0.25) is 0 Å². The van der Waals surface area contributed by atoms with Gasteiger partial charge in [0.25, 0.3) is 0 Å². The van der Waals surface area contributed by atoms with Crippen LogP contribution in [0.3, 0.4) is 0 Å². The topological polar surface area (TPSA) is 62.3 Å². The second-order valence-corrected chi connectivity index (χ2v) is 5.76. The van der Waals surface area contributed by atoms with Crippen molar-refractivity contribution in [3.05, 3.63) is 35.1 Å². The van der Waals surface area contributed by atoms with Crippen molar-refractivity contribution in [3.8, 4) is 0 Å². The number of nitrogens with zero attached hydrogens (tertiary/aromatic N) is 1. The smallest absolute Gasteiger partial charge is 0.128 e. The van der Waals surface area contributed by atoms with Gasteiger partial charge in [0.1, 0.15) is 11.7 Å². The SMILES string of the molecule is COCCN(Cc1ccc(C(=N)N)cc1F)C(C)C1CC1. The van der Waals surface area contributed by atoms with Crippen LogP contribution in [0.2, 0.25) is 0 Å². The normalized spacial score (nSPS) is 16.2. The quantitative estimate of drug-likeness (QED) is 0.571. The van der Waals surface area contributed by atoms with Crippen molar-refractivity contribution in [2.45, 2.75) is 32.4 Å². The highest BCUT2D eigenvalue weighted by Gasteiger charge is 2.32. The van der Waals surface area contributed by atoms with E-state index in [1.165, 1.54) is 18.9 Å². The van der Waals surface area contributed by atoms with Crippen LogP contribution in [0.4, 0.5) is 4.39 Å². The molecule has 116 valence electrons. The van der Waals surface area contributed by atoms with Crippen LogP contribution in [0.15, 0.2) is 18.2 Å². The summed E-state index contributed by atoms with van der Waals surface area (Å²) >= 11 is 0. The van der Waals surface area contributed by atoms with Crippen molar-refractivity contribution in [3.63, 3.8) is 0 Å². The van der Waals surface area contributed by atoms with E-state index in [0.29, 0.717) is 30.3 Å². The molecular weight excluding hydrogens is 269 g/mol. The van der Waals surface area contributed by atoms with Gasteiger partial charge in [0.05, 0.1) is 6.61 Å². The Hall–Kier alpha value is -1.46. The molecule has 1 aliphatic carbocycles. The van der Waals surface area contributed by atoms with E-state index >= 15 is 0 Å². The molecule has 1 atom stereocenters. The van der Waals surface area contributed by atoms with Gasteiger partial charge in [-0.15, -0.1) is 0 Å². The van der Waals surface area contributed by atoms with E-state index < -0.39 is 0 Å². The Morgan fingerprint density at radius 3 is 2.76 bits per heavy atom. The highest BCUT2D eigenvalue weighted by Crippen LogP contribution is 2.35. The summed E-state index contributed by atoms with van der Waals surface area (Å²) in [5, 5.41) is 7.35. The first-order valence-electron chi connectivity index (χ1n) is 7.38. The number of methoxy groups -OCH3 is 1. The number of ether oxygens (including phenoxy) is 1. The average Bonchev–Trinajstić information content (AvgIpc) is 3.28. The van der Waals surface area contributed by atoms with Gasteiger partial charge in [-0.25, -0.2) is 4.39 Å². The van der Waals surface area contributed by atoms with Crippen molar-refractivity contribution in [1.82, 2.24) is 4.90 Å². The Labute approximate surface area is 125 Å². The molecule has 2 rings (SSSR count). The molecule has 0 amide bonds. The van der Waals surface area contributed by atoms with Gasteiger partial charge < -0.3 is 10.5 Å². The lowest BCUT2D eigenvalue weighted by molar-refractivity contribution is 0.111. The second kappa shape index (κ2) is 7.00. The number of nitrogen functional groups attached to an aromatic ring is 1. The van der Waals surface area contributed by atoms with Gasteiger partial charge in [0, 0.05) is 37.4 Å². The minimum absolute atomic E-state index is 0.108. The number of nitrogens with two attached hydrogens (primary N) is 1. The van der Waals surface area contributed by atoms with Gasteiger partial charge >= 0.3 is 0 Å². The van der Waals surface area contributed by atoms with Crippen LogP contribution in [0.5, 0.6) is 0 Å². The maximum Gasteiger partial charge on any atom is 0.128 e. The predicted octanol–water partition coefficient (Wildman–Crippen LogP) is 2.36. The first kappa shape index (κ1) is 15.9. The maximum absolute atomic E-state index is 14.2. The number of nitrogens with one attached hydrogen (secondary N) is 1. The first-order valence-corrected chi connectivity index (χ1v) is 7.38. The third kappa shape index (κ3) is 4.25. The van der Waals surface area contributed by atoms with Crippen molar-refractivity contribution in [2.24, 2.45) is 11.7 Å². The van der Waals surface area contributed by atoms with Crippen LogP contribution >= 0.6 is 0 Å². The van der Waals surface area contributed by atoms with Gasteiger partial charge in [-0.1, -0.05) is 12.1 Å². The molecule has 0 aromatic heterocycles. The fourth-order valence-corrected chi connectivity index (χ4v) is 2.57. The third-order valence-electron chi connectivity index (χ3n) is 4.20. The molecular formula is C16H24FN3O. The molecule has 5 heteroatoms. The summed E-state index contributed by atoms with van der Waals surface area (Å²) in [7, 11) is 1.68. The second-order valence-electron chi connectivity index (χ2n) is 5.76. The number of hydrogen-bond acceptors (Lipinski definition) is 3. The summed E-state index contributed by atoms with van der Waals surface area (Å²) < 4.78 is 19.3. The molecule has 1 fully saturated rings. The number of hydrogen-bond donors (Lipinski definition) is 2. The highest BCUT2D eigenvalue weighted by molar-refractivity contribution is 5.94. The van der Waals surface area contributed by atoms with E-state index in [1.807, 2.05) is 0 Å². The number of rotatable bonds is 8. The van der Waals surface area contributed by atoms with E-state index in [1.54, 1.807) is 19.2 Å². The standard InChI is InChI=1S/C16H24FN3O/c1-11(12-3-4-12)20(7-8-21-2)10-14-6-5-13(16(18)19)9-15(14)17/h5-6,9,11-12H,3-4,7-8,10H2,1-2H3,(H3,18,19). The lowest BCUT2D eigenvalue weighted by Gasteiger charge is -2.29. The van der Waals surface area contributed by atoms with Gasteiger partial charge in [-0.2, -0.15) is 0 Å². The summed E-state index contributed by atoms with van der Waals surface area (Å²) in [4.78, 5) is 2.27. The zero-order chi connectivity index (χ0) is 15.4. The number of benzene rings is 1. The third-order valence-corrected chi connectivity index (χ3v) is 4.20. The summed E-state index contributed by atoms with van der Waals surface area (Å²) in [5.41, 5.74) is 6.45. The largest absolute Gasteiger partial charge is 0.384 e. The molecule has 1 unspecified atom stereocenters. The highest BCUT2D eigenvalue weighted by atomic mass is 19.1. The van der Waals surface area contributed by atoms with Crippen molar-refractivity contribution >= 4 is 5.84 Å². The molecule has 0 radical (unpaired) electrons. The molecule has 1 saturated carbocycles. The molecule has 21 heavy (non-hydrogen) atoms. The molecule has 1 aromatic carbocycles. The van der Waals surface area contributed by atoms with Crippen LogP contribution in [0.25, 0.3) is 0 Å². The van der Waals surface area contributed by atoms with Crippen LogP contribution < -0.4 is 5.73 Å². The summed E-state index contributed by atoms with van der Waals surface area (Å²) in [6.07, 6.45) is 2.52. The van der Waals surface area contributed by atoms with E-state index in [-0.39, 0.29) is 11.7 Å². The molecule has 1 aliphatic rings. The lowest BCUT2D eigenvalue weighted by Crippen LogP contribution is -2.36. The van der Waals surface area contributed by atoms with Crippen LogP contribution in [0, 0.1) is 17.1 Å². The summed E-state index contributed by atoms with van der Waals surface area (Å²) in [6, 6.07) is 5.21. The van der Waals surface area contributed by atoms with Gasteiger partial charge in [-0.3, -0.25) is 10.3 Å². The van der Waals surface area contributed by atoms with Gasteiger partial charge in [-0.05, 0) is 31.7 Å². The van der Waals surface area contributed by atoms with Crippen LogP contribution in [0.1, 0.15) is 30.9 Å². The Morgan fingerprint density at radius 2 is 2.24 bits per heavy atom. The van der Waals surface area contributed by atoms with Crippen LogP contribution in [-0.2, 0) is 11.3 Å². The summed E-state index contributed by atoms with van der Waals surface area (Å²) in [5.74, 6) is 0.317. The molecule has 4 nitrogen and oxygen atoms in total. The first-order chi connectivity index (χ1) is 10.0. The molecule has 0 spiro atoms. The number of amidine groups is 1. The summed E-state index contributed by atoms with van der Waals surface area (Å²) in [6.45, 7) is 4.20. The zero-order valence-corrected chi connectivity index (χ0v) is 12.7. The molecule has 3 N–H and O–H groups in total.